The van der Waals surface area contributed by atoms with Crippen LogP contribution in [0, 0.1) is 0 Å². The number of nitrogens with one attached hydrogen (secondary N) is 2. The highest BCUT2D eigenvalue weighted by Gasteiger charge is 2.20. The molecule has 1 aliphatic carbocycles. The van der Waals surface area contributed by atoms with Gasteiger partial charge in [-0.05, 0) is 41.5 Å². The molecule has 2 amide bonds. The summed E-state index contributed by atoms with van der Waals surface area (Å²) in [6, 6.07) is 6.33. The summed E-state index contributed by atoms with van der Waals surface area (Å²) in [4.78, 5) is 12.1. The molecule has 0 aromatic heterocycles. The van der Waals surface area contributed by atoms with Gasteiger partial charge in [-0.3, -0.25) is 0 Å². The summed E-state index contributed by atoms with van der Waals surface area (Å²) in [6.07, 6.45) is 5.93. The van der Waals surface area contributed by atoms with E-state index in [0.29, 0.717) is 12.6 Å². The van der Waals surface area contributed by atoms with Crippen LogP contribution in [0.2, 0.25) is 0 Å². The summed E-state index contributed by atoms with van der Waals surface area (Å²) in [5.41, 5.74) is 2.35. The molecule has 0 atom stereocenters. The molecule has 1 saturated carbocycles. The minimum Gasteiger partial charge on any atom is -0.497 e. The van der Waals surface area contributed by atoms with E-state index in [9.17, 15) is 4.79 Å². The predicted octanol–water partition coefficient (Wildman–Crippen LogP) is 4.12. The Bertz CT molecular complexity index is 529. The number of hydrogen-bond donors (Lipinski definition) is 2. The fourth-order valence-corrected chi connectivity index (χ4v) is 3.19. The van der Waals surface area contributed by atoms with Gasteiger partial charge in [-0.25, -0.2) is 4.79 Å². The van der Waals surface area contributed by atoms with Crippen LogP contribution in [0.25, 0.3) is 0 Å². The largest absolute Gasteiger partial charge is 0.497 e. The molecular formula is C19H30N2O2. The fourth-order valence-electron chi connectivity index (χ4n) is 3.19. The van der Waals surface area contributed by atoms with Gasteiger partial charge in [-0.2, -0.15) is 0 Å². The Morgan fingerprint density at radius 3 is 2.52 bits per heavy atom. The van der Waals surface area contributed by atoms with Crippen LogP contribution in [-0.2, 0) is 12.0 Å². The van der Waals surface area contributed by atoms with Crippen LogP contribution in [0.3, 0.4) is 0 Å². The summed E-state index contributed by atoms with van der Waals surface area (Å²) in [7, 11) is 1.68. The SMILES string of the molecule is COc1ccc(CNC(=O)NC2CCCCC2)c(C(C)(C)C)c1. The maximum absolute atomic E-state index is 12.1. The Hall–Kier alpha value is -1.71. The van der Waals surface area contributed by atoms with Crippen molar-refractivity contribution in [3.05, 3.63) is 29.3 Å². The van der Waals surface area contributed by atoms with E-state index >= 15 is 0 Å². The lowest BCUT2D eigenvalue weighted by Gasteiger charge is -2.25. The van der Waals surface area contributed by atoms with Crippen molar-refractivity contribution in [2.75, 3.05) is 7.11 Å². The van der Waals surface area contributed by atoms with Gasteiger partial charge in [-0.15, -0.1) is 0 Å². The number of urea groups is 1. The first kappa shape index (κ1) is 17.6. The zero-order valence-corrected chi connectivity index (χ0v) is 14.9. The quantitative estimate of drug-likeness (QED) is 0.877. The van der Waals surface area contributed by atoms with E-state index in [1.165, 1.54) is 24.8 Å². The van der Waals surface area contributed by atoms with Crippen molar-refractivity contribution < 1.29 is 9.53 Å². The lowest BCUT2D eigenvalue weighted by atomic mass is 9.83. The first-order chi connectivity index (χ1) is 10.9. The Labute approximate surface area is 140 Å². The smallest absolute Gasteiger partial charge is 0.315 e. The van der Waals surface area contributed by atoms with Gasteiger partial charge < -0.3 is 15.4 Å². The molecule has 4 nitrogen and oxygen atoms in total. The minimum atomic E-state index is -0.0624. The highest BCUT2D eigenvalue weighted by Crippen LogP contribution is 2.29. The molecule has 1 aromatic carbocycles. The van der Waals surface area contributed by atoms with Gasteiger partial charge in [0.05, 0.1) is 7.11 Å². The van der Waals surface area contributed by atoms with Crippen molar-refractivity contribution in [1.29, 1.82) is 0 Å². The van der Waals surface area contributed by atoms with Crippen molar-refractivity contribution in [3.8, 4) is 5.75 Å². The van der Waals surface area contributed by atoms with Crippen molar-refractivity contribution in [2.45, 2.75) is 70.9 Å². The van der Waals surface area contributed by atoms with Crippen LogP contribution in [0.15, 0.2) is 18.2 Å². The van der Waals surface area contributed by atoms with E-state index in [1.54, 1.807) is 7.11 Å². The molecule has 0 spiro atoms. The fraction of sp³-hybridized carbons (Fsp3) is 0.632. The molecular weight excluding hydrogens is 288 g/mol. The molecule has 2 rings (SSSR count). The standard InChI is InChI=1S/C19H30N2O2/c1-19(2,3)17-12-16(23-4)11-10-14(17)13-20-18(22)21-15-8-6-5-7-9-15/h10-12,15H,5-9,13H2,1-4H3,(H2,20,21,22). The van der Waals surface area contributed by atoms with Crippen LogP contribution in [0.5, 0.6) is 5.75 Å². The van der Waals surface area contributed by atoms with E-state index in [4.69, 9.17) is 4.74 Å². The molecule has 0 saturated heterocycles. The number of amides is 2. The topological polar surface area (TPSA) is 50.4 Å². The van der Waals surface area contributed by atoms with Gasteiger partial charge in [0.15, 0.2) is 0 Å². The van der Waals surface area contributed by atoms with Crippen molar-refractivity contribution in [2.24, 2.45) is 0 Å². The average Bonchev–Trinajstić information content (AvgIpc) is 2.53. The highest BCUT2D eigenvalue weighted by molar-refractivity contribution is 5.74. The van der Waals surface area contributed by atoms with Crippen molar-refractivity contribution >= 4 is 6.03 Å². The molecule has 0 bridgehead atoms. The van der Waals surface area contributed by atoms with Gasteiger partial charge in [0.2, 0.25) is 0 Å². The highest BCUT2D eigenvalue weighted by atomic mass is 16.5. The van der Waals surface area contributed by atoms with Gasteiger partial charge in [-0.1, -0.05) is 46.1 Å². The van der Waals surface area contributed by atoms with E-state index in [-0.39, 0.29) is 11.4 Å². The number of hydrogen-bond acceptors (Lipinski definition) is 2. The van der Waals surface area contributed by atoms with Crippen molar-refractivity contribution in [3.63, 3.8) is 0 Å². The van der Waals surface area contributed by atoms with E-state index in [1.807, 2.05) is 12.1 Å². The first-order valence-electron chi connectivity index (χ1n) is 8.62. The van der Waals surface area contributed by atoms with E-state index in [0.717, 1.165) is 24.2 Å². The molecule has 1 fully saturated rings. The Morgan fingerprint density at radius 2 is 1.91 bits per heavy atom. The third kappa shape index (κ3) is 5.15. The second kappa shape index (κ2) is 7.71. The number of rotatable bonds is 4. The lowest BCUT2D eigenvalue weighted by molar-refractivity contribution is 0.232. The molecule has 4 heteroatoms. The summed E-state index contributed by atoms with van der Waals surface area (Å²) in [5.74, 6) is 0.852. The monoisotopic (exact) mass is 318 g/mol. The zero-order chi connectivity index (χ0) is 16.9. The Kier molecular flexibility index (Phi) is 5.91. The van der Waals surface area contributed by atoms with Crippen LogP contribution in [0.4, 0.5) is 4.79 Å². The number of ether oxygens (including phenoxy) is 1. The molecule has 0 aliphatic heterocycles. The van der Waals surface area contributed by atoms with Gasteiger partial charge in [0, 0.05) is 12.6 Å². The first-order valence-corrected chi connectivity index (χ1v) is 8.62. The van der Waals surface area contributed by atoms with Crippen LogP contribution in [-0.4, -0.2) is 19.2 Å². The molecule has 1 aromatic rings. The lowest BCUT2D eigenvalue weighted by Crippen LogP contribution is -2.42. The molecule has 0 unspecified atom stereocenters. The molecule has 2 N–H and O–H groups in total. The summed E-state index contributed by atoms with van der Waals surface area (Å²) >= 11 is 0. The third-order valence-corrected chi connectivity index (χ3v) is 4.50. The number of carbonyl (C=O) groups is 1. The van der Waals surface area contributed by atoms with E-state index in [2.05, 4.69) is 37.5 Å². The number of benzene rings is 1. The molecule has 0 heterocycles. The van der Waals surface area contributed by atoms with Crippen LogP contribution < -0.4 is 15.4 Å². The zero-order valence-electron chi connectivity index (χ0n) is 14.9. The van der Waals surface area contributed by atoms with Gasteiger partial charge >= 0.3 is 6.03 Å². The Morgan fingerprint density at radius 1 is 1.22 bits per heavy atom. The molecule has 1 aliphatic rings. The van der Waals surface area contributed by atoms with Gasteiger partial charge in [0.1, 0.15) is 5.75 Å². The molecule has 23 heavy (non-hydrogen) atoms. The van der Waals surface area contributed by atoms with E-state index < -0.39 is 0 Å². The molecule has 0 radical (unpaired) electrons. The third-order valence-electron chi connectivity index (χ3n) is 4.50. The maximum Gasteiger partial charge on any atom is 0.315 e. The summed E-state index contributed by atoms with van der Waals surface area (Å²) in [6.45, 7) is 7.06. The second-order valence-electron chi connectivity index (χ2n) is 7.44. The summed E-state index contributed by atoms with van der Waals surface area (Å²) in [5, 5.41) is 6.10. The van der Waals surface area contributed by atoms with Crippen LogP contribution in [0.1, 0.15) is 64.0 Å². The Balaban J connectivity index is 1.97. The average molecular weight is 318 g/mol. The second-order valence-corrected chi connectivity index (χ2v) is 7.44. The summed E-state index contributed by atoms with van der Waals surface area (Å²) < 4.78 is 5.33. The van der Waals surface area contributed by atoms with Crippen LogP contribution >= 0.6 is 0 Å². The maximum atomic E-state index is 12.1. The van der Waals surface area contributed by atoms with Gasteiger partial charge in [0.25, 0.3) is 0 Å². The normalized spacial score (nSPS) is 16.0. The van der Waals surface area contributed by atoms with Crippen molar-refractivity contribution in [1.82, 2.24) is 10.6 Å². The number of methoxy groups -OCH3 is 1. The molecule has 128 valence electrons. The minimum absolute atomic E-state index is 0.00536. The predicted molar refractivity (Wildman–Crippen MR) is 93.9 cm³/mol. The number of carbonyl (C=O) groups excluding carboxylic acids is 1.